The number of anilines is 6. The molecule has 0 radical (unpaired) electrons. The van der Waals surface area contributed by atoms with Gasteiger partial charge in [0.1, 0.15) is 0 Å². The molecule has 3 heteroatoms. The monoisotopic (exact) mass is 826 g/mol. The highest BCUT2D eigenvalue weighted by molar-refractivity contribution is 7.00. The van der Waals surface area contributed by atoms with Crippen LogP contribution in [0.25, 0.3) is 22.3 Å². The third-order valence-corrected chi connectivity index (χ3v) is 14.9. The van der Waals surface area contributed by atoms with Crippen LogP contribution in [0.2, 0.25) is 0 Å². The van der Waals surface area contributed by atoms with Crippen molar-refractivity contribution in [3.63, 3.8) is 0 Å². The molecule has 0 atom stereocenters. The lowest BCUT2D eigenvalue weighted by atomic mass is 9.33. The van der Waals surface area contributed by atoms with Gasteiger partial charge in [0.2, 0.25) is 0 Å². The number of hydrogen-bond acceptors (Lipinski definition) is 2. The summed E-state index contributed by atoms with van der Waals surface area (Å²) in [5.41, 5.74) is 25.8. The summed E-state index contributed by atoms with van der Waals surface area (Å²) >= 11 is 0. The molecule has 0 unspecified atom stereocenters. The number of fused-ring (bicyclic) bond motifs is 14. The van der Waals surface area contributed by atoms with Gasteiger partial charge in [-0.05, 0) is 142 Å². The van der Waals surface area contributed by atoms with E-state index in [1.54, 1.807) is 0 Å². The van der Waals surface area contributed by atoms with Gasteiger partial charge in [0.05, 0.1) is 5.41 Å². The van der Waals surface area contributed by atoms with Crippen molar-refractivity contribution in [2.24, 2.45) is 0 Å². The lowest BCUT2D eigenvalue weighted by Crippen LogP contribution is -2.61. The van der Waals surface area contributed by atoms with E-state index in [0.717, 1.165) is 0 Å². The summed E-state index contributed by atoms with van der Waals surface area (Å²) in [6.45, 7) is 21.0. The summed E-state index contributed by atoms with van der Waals surface area (Å²) in [5, 5.41) is 0. The Morgan fingerprint density at radius 1 is 0.344 bits per heavy atom. The molecule has 312 valence electrons. The number of benzene rings is 8. The largest absolute Gasteiger partial charge is 0.311 e. The second kappa shape index (κ2) is 13.2. The van der Waals surface area contributed by atoms with Crippen molar-refractivity contribution in [1.82, 2.24) is 0 Å². The Morgan fingerprint density at radius 2 is 0.766 bits per heavy atom. The Labute approximate surface area is 380 Å². The Hall–Kier alpha value is -6.58. The molecular weight excluding hydrogens is 771 g/mol. The molecule has 8 aromatic rings. The Bertz CT molecular complexity index is 3210. The van der Waals surface area contributed by atoms with E-state index in [1.165, 1.54) is 112 Å². The van der Waals surface area contributed by atoms with Gasteiger partial charge in [-0.1, -0.05) is 184 Å². The zero-order valence-electron chi connectivity index (χ0n) is 38.6. The molecule has 0 fully saturated rings. The first-order valence-corrected chi connectivity index (χ1v) is 23.2. The Kier molecular flexibility index (Phi) is 8.08. The molecule has 0 amide bonds. The number of rotatable bonds is 2. The van der Waals surface area contributed by atoms with E-state index in [-0.39, 0.29) is 28.4 Å². The summed E-state index contributed by atoms with van der Waals surface area (Å²) in [7, 11) is 0. The minimum Gasteiger partial charge on any atom is -0.311 e. The topological polar surface area (TPSA) is 6.48 Å². The molecule has 2 nitrogen and oxygen atoms in total. The minimum atomic E-state index is -0.383. The second-order valence-corrected chi connectivity index (χ2v) is 21.8. The molecule has 4 aliphatic rings. The molecule has 12 rings (SSSR count). The summed E-state index contributed by atoms with van der Waals surface area (Å²) in [5.74, 6) is 0. The van der Waals surface area contributed by atoms with Crippen molar-refractivity contribution in [3.8, 4) is 22.3 Å². The minimum absolute atomic E-state index is 0.00755. The molecule has 0 N–H and O–H groups in total. The van der Waals surface area contributed by atoms with E-state index >= 15 is 0 Å². The smallest absolute Gasteiger partial charge is 0.252 e. The summed E-state index contributed by atoms with van der Waals surface area (Å²) in [6.07, 6.45) is 0. The van der Waals surface area contributed by atoms with Gasteiger partial charge in [0, 0.05) is 34.1 Å². The average molecular weight is 827 g/mol. The highest BCUT2D eigenvalue weighted by Gasteiger charge is 2.52. The second-order valence-electron chi connectivity index (χ2n) is 21.8. The van der Waals surface area contributed by atoms with Crippen LogP contribution in [0.5, 0.6) is 0 Å². The average Bonchev–Trinajstić information content (AvgIpc) is 3.75. The van der Waals surface area contributed by atoms with Crippen molar-refractivity contribution < 1.29 is 0 Å². The van der Waals surface area contributed by atoms with Crippen LogP contribution >= 0.6 is 0 Å². The van der Waals surface area contributed by atoms with Crippen LogP contribution in [-0.2, 0) is 21.7 Å². The van der Waals surface area contributed by atoms with Gasteiger partial charge in [-0.3, -0.25) is 0 Å². The maximum Gasteiger partial charge on any atom is 0.252 e. The van der Waals surface area contributed by atoms with Crippen LogP contribution in [0, 0.1) is 0 Å². The van der Waals surface area contributed by atoms with Crippen LogP contribution in [-0.4, -0.2) is 6.71 Å². The zero-order chi connectivity index (χ0) is 44.1. The van der Waals surface area contributed by atoms with E-state index in [1.807, 2.05) is 0 Å². The highest BCUT2D eigenvalue weighted by Crippen LogP contribution is 2.63. The first-order chi connectivity index (χ1) is 30.7. The third kappa shape index (κ3) is 5.33. The normalized spacial score (nSPS) is 15.0. The molecule has 0 saturated carbocycles. The van der Waals surface area contributed by atoms with E-state index in [2.05, 4.69) is 242 Å². The molecule has 0 aromatic heterocycles. The van der Waals surface area contributed by atoms with Gasteiger partial charge in [-0.25, -0.2) is 0 Å². The third-order valence-electron chi connectivity index (χ3n) is 14.9. The fraction of sp³-hybridized carbons (Fsp3) is 0.213. The predicted molar refractivity (Wildman–Crippen MR) is 273 cm³/mol. The lowest BCUT2D eigenvalue weighted by Gasteiger charge is -2.45. The fourth-order valence-electron chi connectivity index (χ4n) is 11.8. The molecule has 2 aliphatic heterocycles. The molecule has 0 bridgehead atoms. The van der Waals surface area contributed by atoms with Gasteiger partial charge in [0.25, 0.3) is 6.71 Å². The van der Waals surface area contributed by atoms with E-state index < -0.39 is 0 Å². The van der Waals surface area contributed by atoms with Crippen LogP contribution in [0.4, 0.5) is 34.1 Å². The maximum absolute atomic E-state index is 2.60. The fourth-order valence-corrected chi connectivity index (χ4v) is 11.8. The van der Waals surface area contributed by atoms with Crippen molar-refractivity contribution in [2.45, 2.75) is 84.0 Å². The quantitative estimate of drug-likeness (QED) is 0.160. The van der Waals surface area contributed by atoms with E-state index in [4.69, 9.17) is 0 Å². The zero-order valence-corrected chi connectivity index (χ0v) is 38.6. The van der Waals surface area contributed by atoms with Crippen molar-refractivity contribution in [1.29, 1.82) is 0 Å². The number of hydrogen-bond donors (Lipinski definition) is 0. The lowest BCUT2D eigenvalue weighted by molar-refractivity contribution is 0.590. The molecule has 0 saturated heterocycles. The Balaban J connectivity index is 1.13. The van der Waals surface area contributed by atoms with Crippen LogP contribution < -0.4 is 26.2 Å². The molecule has 64 heavy (non-hydrogen) atoms. The predicted octanol–water partition coefficient (Wildman–Crippen LogP) is 14.0. The van der Waals surface area contributed by atoms with Gasteiger partial charge in [0.15, 0.2) is 0 Å². The van der Waals surface area contributed by atoms with E-state index in [0.29, 0.717) is 0 Å². The van der Waals surface area contributed by atoms with Gasteiger partial charge >= 0.3 is 0 Å². The van der Waals surface area contributed by atoms with Crippen molar-refractivity contribution in [2.75, 3.05) is 9.80 Å². The van der Waals surface area contributed by atoms with Crippen LogP contribution in [0.1, 0.15) is 101 Å². The van der Waals surface area contributed by atoms with Crippen molar-refractivity contribution in [3.05, 3.63) is 209 Å². The standard InChI is InChI=1S/C61H55BN2/c1-58(2,3)38-18-16-19-41(34-38)63-53-26-17-27-54-57(53)62(51-32-28-39(35-55(51)63)59(4,5)6)52-33-29-40(60(7,8)9)36-56(52)64(54)42-30-31-50-46(37-42)45-22-12-15-25-49(45)61(50)47-23-13-10-20-43(47)44-21-11-14-24-48(44)61/h10-37H,1-9H3. The van der Waals surface area contributed by atoms with Gasteiger partial charge < -0.3 is 9.80 Å². The summed E-state index contributed by atoms with van der Waals surface area (Å²) in [6, 6.07) is 65.7. The summed E-state index contributed by atoms with van der Waals surface area (Å²) < 4.78 is 0. The first kappa shape index (κ1) is 39.0. The SMILES string of the molecule is CC(C)(C)c1cccc(N2c3cc(C(C)(C)C)ccc3B3c4ccc(C(C)(C)C)cc4N(c4ccc5c(c4)-c4ccccc4C54c5ccccc5-c5ccccc54)c4cccc2c43)c1. The van der Waals surface area contributed by atoms with Crippen molar-refractivity contribution >= 4 is 57.2 Å². The summed E-state index contributed by atoms with van der Waals surface area (Å²) in [4.78, 5) is 5.17. The first-order valence-electron chi connectivity index (χ1n) is 23.2. The van der Waals surface area contributed by atoms with Crippen LogP contribution in [0.3, 0.4) is 0 Å². The number of nitrogens with zero attached hydrogens (tertiary/aromatic N) is 2. The van der Waals surface area contributed by atoms with Crippen LogP contribution in [0.15, 0.2) is 170 Å². The molecule has 2 aliphatic carbocycles. The van der Waals surface area contributed by atoms with Gasteiger partial charge in [-0.15, -0.1) is 0 Å². The highest BCUT2D eigenvalue weighted by atomic mass is 15.2. The maximum atomic E-state index is 2.60. The molecular formula is C61H55BN2. The molecule has 8 aromatic carbocycles. The van der Waals surface area contributed by atoms with Gasteiger partial charge in [-0.2, -0.15) is 0 Å². The Morgan fingerprint density at radius 3 is 1.27 bits per heavy atom. The molecule has 1 spiro atoms. The van der Waals surface area contributed by atoms with E-state index in [9.17, 15) is 0 Å². The molecule has 2 heterocycles.